The van der Waals surface area contributed by atoms with Crippen LogP contribution in [-0.2, 0) is 10.3 Å². The summed E-state index contributed by atoms with van der Waals surface area (Å²) in [6, 6.07) is 10.6. The molecule has 28 heavy (non-hydrogen) atoms. The fraction of sp³-hybridized carbons (Fsp3) is 0.391. The molecule has 1 spiro atoms. The van der Waals surface area contributed by atoms with Gasteiger partial charge >= 0.3 is 0 Å². The summed E-state index contributed by atoms with van der Waals surface area (Å²) in [5.74, 6) is 6.56. The molecule has 1 fully saturated rings. The highest BCUT2D eigenvalue weighted by atomic mass is 32.2. The van der Waals surface area contributed by atoms with Crippen molar-refractivity contribution in [3.8, 4) is 23.0 Å². The van der Waals surface area contributed by atoms with Gasteiger partial charge in [0.15, 0.2) is 5.17 Å². The third kappa shape index (κ3) is 3.52. The molecule has 2 N–H and O–H groups in total. The van der Waals surface area contributed by atoms with E-state index in [0.717, 1.165) is 24.8 Å². The fourth-order valence-corrected chi connectivity index (χ4v) is 7.02. The molecule has 2 aliphatic rings. The molecule has 2 heterocycles. The largest absolute Gasteiger partial charge is 0.378 e. The maximum atomic E-state index is 11.7. The van der Waals surface area contributed by atoms with E-state index in [-0.39, 0.29) is 16.2 Å². The van der Waals surface area contributed by atoms with Crippen LogP contribution in [-0.4, -0.2) is 15.7 Å². The Morgan fingerprint density at radius 3 is 2.79 bits per heavy atom. The highest BCUT2D eigenvalue weighted by Gasteiger charge is 2.53. The number of benzene rings is 1. The van der Waals surface area contributed by atoms with E-state index in [9.17, 15) is 4.79 Å². The molecular weight excluding hydrogens is 384 g/mol. The number of carbonyl (C=O) groups is 1. The summed E-state index contributed by atoms with van der Waals surface area (Å²) in [6.07, 6.45) is 2.75. The van der Waals surface area contributed by atoms with Crippen molar-refractivity contribution >= 4 is 34.0 Å². The van der Waals surface area contributed by atoms with Crippen LogP contribution in [0.25, 0.3) is 11.1 Å². The van der Waals surface area contributed by atoms with Crippen LogP contribution in [0.4, 0.5) is 0 Å². The number of amidine groups is 1. The number of ketones is 1. The quantitative estimate of drug-likeness (QED) is 0.711. The standard InChI is InChI=1S/C23H24N2OS2/c1-4-6-16-7-5-8-17(9-16)18-10-20(27-13-18)22(3)14-23(28-21(24)25-22)11-19(12-23)15(2)26/h5,7-10,13,19H,11-12,14H2,1-3H3,(H2,24,25). The van der Waals surface area contributed by atoms with Crippen molar-refractivity contribution < 1.29 is 4.79 Å². The fourth-order valence-electron chi connectivity index (χ4n) is 4.38. The van der Waals surface area contributed by atoms with Gasteiger partial charge in [0, 0.05) is 21.1 Å². The lowest BCUT2D eigenvalue weighted by atomic mass is 9.67. The van der Waals surface area contributed by atoms with Crippen molar-refractivity contribution in [1.29, 1.82) is 0 Å². The number of thiophene rings is 1. The number of carbonyl (C=O) groups excluding carboxylic acids is 1. The van der Waals surface area contributed by atoms with Gasteiger partial charge in [0.2, 0.25) is 0 Å². The van der Waals surface area contributed by atoms with Gasteiger partial charge in [-0.3, -0.25) is 9.79 Å². The highest BCUT2D eigenvalue weighted by Crippen LogP contribution is 2.58. The van der Waals surface area contributed by atoms with Gasteiger partial charge in [-0.05, 0) is 74.7 Å². The number of nitrogens with two attached hydrogens (primary N) is 1. The lowest BCUT2D eigenvalue weighted by molar-refractivity contribution is -0.124. The maximum Gasteiger partial charge on any atom is 0.155 e. The predicted octanol–water partition coefficient (Wildman–Crippen LogP) is 5.19. The number of nitrogens with zero attached hydrogens (tertiary/aromatic N) is 1. The van der Waals surface area contributed by atoms with Crippen LogP contribution in [0.3, 0.4) is 0 Å². The Kier molecular flexibility index (Phi) is 4.89. The van der Waals surface area contributed by atoms with Gasteiger partial charge < -0.3 is 5.73 Å². The zero-order chi connectivity index (χ0) is 19.9. The number of rotatable bonds is 3. The van der Waals surface area contributed by atoms with Crippen LogP contribution < -0.4 is 5.73 Å². The van der Waals surface area contributed by atoms with Gasteiger partial charge in [0.05, 0.1) is 5.54 Å². The molecule has 1 aromatic carbocycles. The topological polar surface area (TPSA) is 55.5 Å². The minimum absolute atomic E-state index is 0.0533. The normalized spacial score (nSPS) is 28.8. The van der Waals surface area contributed by atoms with E-state index in [1.165, 1.54) is 16.0 Å². The number of Topliss-reactive ketones (excluding diaryl/α,β-unsaturated/α-hetero) is 1. The molecule has 144 valence electrons. The third-order valence-corrected chi connectivity index (χ3v) is 8.15. The summed E-state index contributed by atoms with van der Waals surface area (Å²) in [5.41, 5.74) is 9.30. The smallest absolute Gasteiger partial charge is 0.155 e. The van der Waals surface area contributed by atoms with Gasteiger partial charge in [0.1, 0.15) is 5.78 Å². The lowest BCUT2D eigenvalue weighted by Crippen LogP contribution is -2.51. The zero-order valence-electron chi connectivity index (χ0n) is 16.4. The molecule has 1 atom stereocenters. The van der Waals surface area contributed by atoms with Crippen molar-refractivity contribution in [3.05, 3.63) is 46.2 Å². The molecule has 1 unspecified atom stereocenters. The van der Waals surface area contributed by atoms with Crippen LogP contribution in [0.2, 0.25) is 0 Å². The van der Waals surface area contributed by atoms with Crippen LogP contribution in [0, 0.1) is 17.8 Å². The molecule has 0 bridgehead atoms. The number of hydrogen-bond acceptors (Lipinski definition) is 5. The molecule has 1 saturated carbocycles. The second kappa shape index (κ2) is 7.09. The first-order chi connectivity index (χ1) is 13.3. The van der Waals surface area contributed by atoms with Crippen molar-refractivity contribution in [3.63, 3.8) is 0 Å². The Balaban J connectivity index is 1.62. The number of thioether (sulfide) groups is 1. The van der Waals surface area contributed by atoms with Gasteiger partial charge in [-0.1, -0.05) is 29.8 Å². The van der Waals surface area contributed by atoms with E-state index in [2.05, 4.69) is 42.3 Å². The zero-order valence-corrected chi connectivity index (χ0v) is 18.0. The molecule has 0 radical (unpaired) electrons. The van der Waals surface area contributed by atoms with Gasteiger partial charge in [-0.2, -0.15) is 0 Å². The van der Waals surface area contributed by atoms with Gasteiger partial charge in [-0.25, -0.2) is 0 Å². The molecule has 0 amide bonds. The minimum Gasteiger partial charge on any atom is -0.378 e. The monoisotopic (exact) mass is 408 g/mol. The summed E-state index contributed by atoms with van der Waals surface area (Å²) in [5, 5.41) is 2.84. The SMILES string of the molecule is CC#Cc1cccc(-c2csc(C3(C)CC4(CC(C(C)=O)C4)SC(N)=N3)c2)c1. The first kappa shape index (κ1) is 19.3. The Bertz CT molecular complexity index is 1020. The summed E-state index contributed by atoms with van der Waals surface area (Å²) in [4.78, 5) is 17.8. The molecule has 1 aliphatic heterocycles. The van der Waals surface area contributed by atoms with Crippen LogP contribution in [0.1, 0.15) is 50.5 Å². The van der Waals surface area contributed by atoms with Gasteiger partial charge in [0.25, 0.3) is 0 Å². The molecule has 2 aromatic rings. The molecule has 5 heteroatoms. The first-order valence-corrected chi connectivity index (χ1v) is 11.2. The number of aliphatic imine (C=N–C) groups is 1. The second-order valence-electron chi connectivity index (χ2n) is 8.06. The highest BCUT2D eigenvalue weighted by molar-refractivity contribution is 8.15. The third-order valence-electron chi connectivity index (χ3n) is 5.75. The Hall–Kier alpha value is -2.03. The van der Waals surface area contributed by atoms with Gasteiger partial charge in [-0.15, -0.1) is 17.3 Å². The van der Waals surface area contributed by atoms with Crippen LogP contribution in [0.15, 0.2) is 40.7 Å². The van der Waals surface area contributed by atoms with E-state index in [4.69, 9.17) is 10.7 Å². The van der Waals surface area contributed by atoms with E-state index in [0.29, 0.717) is 11.0 Å². The van der Waals surface area contributed by atoms with Crippen molar-refractivity contribution in [2.24, 2.45) is 16.6 Å². The molecule has 0 saturated heterocycles. The second-order valence-corrected chi connectivity index (χ2v) is 10.5. The molecule has 1 aliphatic carbocycles. The predicted molar refractivity (Wildman–Crippen MR) is 120 cm³/mol. The van der Waals surface area contributed by atoms with Crippen LogP contribution >= 0.6 is 23.1 Å². The van der Waals surface area contributed by atoms with E-state index in [1.54, 1.807) is 30.0 Å². The molecule has 3 nitrogen and oxygen atoms in total. The average Bonchev–Trinajstić information content (AvgIpc) is 3.10. The minimum atomic E-state index is -0.332. The number of hydrogen-bond donors (Lipinski definition) is 1. The Labute approximate surface area is 174 Å². The summed E-state index contributed by atoms with van der Waals surface area (Å²) in [6.45, 7) is 5.73. The maximum absolute atomic E-state index is 11.7. The summed E-state index contributed by atoms with van der Waals surface area (Å²) in [7, 11) is 0. The Morgan fingerprint density at radius 1 is 1.29 bits per heavy atom. The lowest BCUT2D eigenvalue weighted by Gasteiger charge is -2.51. The molecular formula is C23H24N2OS2. The first-order valence-electron chi connectivity index (χ1n) is 9.49. The average molecular weight is 409 g/mol. The molecule has 1 aromatic heterocycles. The van der Waals surface area contributed by atoms with E-state index < -0.39 is 0 Å². The Morgan fingerprint density at radius 2 is 2.07 bits per heavy atom. The van der Waals surface area contributed by atoms with Crippen molar-refractivity contribution in [2.45, 2.75) is 50.3 Å². The van der Waals surface area contributed by atoms with E-state index in [1.807, 2.05) is 19.1 Å². The molecule has 4 rings (SSSR count). The van der Waals surface area contributed by atoms with Crippen molar-refractivity contribution in [1.82, 2.24) is 0 Å². The van der Waals surface area contributed by atoms with E-state index >= 15 is 0 Å². The summed E-state index contributed by atoms with van der Waals surface area (Å²) < 4.78 is 0.0533. The van der Waals surface area contributed by atoms with Crippen molar-refractivity contribution in [2.75, 3.05) is 0 Å². The van der Waals surface area contributed by atoms with Crippen LogP contribution in [0.5, 0.6) is 0 Å². The summed E-state index contributed by atoms with van der Waals surface area (Å²) >= 11 is 3.41.